The fourth-order valence-electron chi connectivity index (χ4n) is 5.11. The number of benzene rings is 7. The van der Waals surface area contributed by atoms with Crippen molar-refractivity contribution in [2.75, 3.05) is 0 Å². The molecule has 0 unspecified atom stereocenters. The second-order valence-electron chi connectivity index (χ2n) is 10.4. The largest absolute Gasteiger partial charge is 0.102 e. The smallest absolute Gasteiger partial charge is 0.0620 e. The third kappa shape index (κ3) is 11.8. The molecule has 0 bridgehead atoms. The van der Waals surface area contributed by atoms with Crippen LogP contribution in [0, 0.1) is 6.92 Å². The normalized spacial score (nSPS) is 9.98. The van der Waals surface area contributed by atoms with Gasteiger partial charge in [0.2, 0.25) is 0 Å². The van der Waals surface area contributed by atoms with Crippen LogP contribution in [0.5, 0.6) is 0 Å². The van der Waals surface area contributed by atoms with Crippen LogP contribution in [0.2, 0.25) is 0 Å². The Morgan fingerprint density at radius 3 is 0.553 bits per heavy atom. The zero-order chi connectivity index (χ0) is 32.9. The van der Waals surface area contributed by atoms with Gasteiger partial charge in [0.25, 0.3) is 0 Å². The number of rotatable bonds is 6. The van der Waals surface area contributed by atoms with Crippen molar-refractivity contribution >= 4 is 57.2 Å². The van der Waals surface area contributed by atoms with Crippen molar-refractivity contribution in [2.24, 2.45) is 0 Å². The van der Waals surface area contributed by atoms with Gasteiger partial charge in [0.15, 0.2) is 0 Å². The molecular weight excluding hydrogens is 720 g/mol. The van der Waals surface area contributed by atoms with E-state index in [2.05, 4.69) is 217 Å². The van der Waals surface area contributed by atoms with Crippen molar-refractivity contribution in [2.45, 2.75) is 0 Å². The summed E-state index contributed by atoms with van der Waals surface area (Å²) in [5.74, 6) is 0. The zero-order valence-electron chi connectivity index (χ0n) is 26.1. The Hall–Kier alpha value is -3.78. The molecule has 0 aromatic heterocycles. The van der Waals surface area contributed by atoms with E-state index in [0.717, 1.165) is 5.56 Å². The van der Waals surface area contributed by atoms with Gasteiger partial charge in [0.05, 0.1) is 15.8 Å². The molecule has 0 aliphatic rings. The van der Waals surface area contributed by atoms with Crippen LogP contribution in [-0.4, -0.2) is 0 Å². The van der Waals surface area contributed by atoms with Crippen molar-refractivity contribution in [3.05, 3.63) is 225 Å². The average molecular weight is 760 g/mol. The van der Waals surface area contributed by atoms with E-state index in [0.29, 0.717) is 0 Å². The fourth-order valence-corrected chi connectivity index (χ4v) is 10.3. The van der Waals surface area contributed by atoms with Gasteiger partial charge in [-0.05, 0) is 72.8 Å². The van der Waals surface area contributed by atoms with Gasteiger partial charge in [0, 0.05) is 0 Å². The average Bonchev–Trinajstić information content (AvgIpc) is 3.16. The van der Waals surface area contributed by atoms with Gasteiger partial charge in [-0.3, -0.25) is 0 Å². The van der Waals surface area contributed by atoms with Crippen LogP contribution in [0.3, 0.4) is 0 Å². The molecule has 0 amide bonds. The van der Waals surface area contributed by atoms with Crippen LogP contribution in [0.15, 0.2) is 212 Å². The molecule has 0 aliphatic carbocycles. The predicted octanol–water partition coefficient (Wildman–Crippen LogP) is 8.91. The minimum absolute atomic E-state index is 0.877. The third-order valence-corrected chi connectivity index (χ3v) is 12.7. The second kappa shape index (κ2) is 21.2. The van der Waals surface area contributed by atoms with E-state index >= 15 is 0 Å². The van der Waals surface area contributed by atoms with Crippen molar-refractivity contribution in [1.29, 1.82) is 0 Å². The Morgan fingerprint density at radius 2 is 0.426 bits per heavy atom. The van der Waals surface area contributed by atoms with Gasteiger partial charge in [-0.15, -0.1) is 12.1 Å². The van der Waals surface area contributed by atoms with Crippen molar-refractivity contribution < 1.29 is 18.2 Å². The topological polar surface area (TPSA) is 0 Å². The Labute approximate surface area is 298 Å². The monoisotopic (exact) mass is 758 g/mol. The van der Waals surface area contributed by atoms with E-state index in [1.165, 1.54) is 31.8 Å². The molecule has 236 valence electrons. The molecule has 0 saturated heterocycles. The SMILES string of the molecule is [CH2-]c1ccccc1.[Cl][Pd+].c1ccc([PH+](c2ccccc2)c2ccccc2)cc1.c1ccc([PH+](c2ccccc2)c2ccccc2)cc1. The van der Waals surface area contributed by atoms with Crippen molar-refractivity contribution in [3.63, 3.8) is 0 Å². The number of hydrogen-bond acceptors (Lipinski definition) is 0. The molecule has 7 aromatic rings. The summed E-state index contributed by atoms with van der Waals surface area (Å²) in [4.78, 5) is 0. The second-order valence-corrected chi connectivity index (χ2v) is 15.4. The van der Waals surface area contributed by atoms with Crippen LogP contribution >= 0.6 is 25.4 Å². The molecule has 0 aliphatic heterocycles. The summed E-state index contributed by atoms with van der Waals surface area (Å²) in [6.07, 6.45) is 0. The summed E-state index contributed by atoms with van der Waals surface area (Å²) in [5, 5.41) is 8.61. The van der Waals surface area contributed by atoms with E-state index in [1.54, 1.807) is 0 Å². The number of halogens is 1. The minimum atomic E-state index is -0.877. The molecule has 0 fully saturated rings. The first kappa shape index (κ1) is 36.1. The molecular formula is C43H39ClP2Pd+2. The molecule has 0 radical (unpaired) electrons. The van der Waals surface area contributed by atoms with Crippen LogP contribution in [0.25, 0.3) is 0 Å². The molecule has 7 aromatic carbocycles. The first-order valence-electron chi connectivity index (χ1n) is 15.3. The Balaban J connectivity index is 0.000000170. The standard InChI is InChI=1S/2C18H15P.C7H7.ClH.Pd/c2*1-4-10-16(11-5-1)19(17-12-6-2-7-13-17)18-14-8-3-9-15-18;1-7-5-3-2-4-6-7;;/h2*1-15H;2-6H,1H2;1H;/q;;-1;;+2/p+1. The summed E-state index contributed by atoms with van der Waals surface area (Å²) in [5.41, 5.74) is 1.07. The van der Waals surface area contributed by atoms with Gasteiger partial charge in [-0.1, -0.05) is 115 Å². The Kier molecular flexibility index (Phi) is 16.2. The van der Waals surface area contributed by atoms with E-state index < -0.39 is 15.8 Å². The van der Waals surface area contributed by atoms with Gasteiger partial charge < -0.3 is 0 Å². The number of hydrogen-bond donors (Lipinski definition) is 0. The molecule has 0 N–H and O–H groups in total. The Morgan fingerprint density at radius 1 is 0.277 bits per heavy atom. The van der Waals surface area contributed by atoms with Crippen LogP contribution in [0.4, 0.5) is 0 Å². The molecule has 47 heavy (non-hydrogen) atoms. The maximum absolute atomic E-state index is 4.49. The van der Waals surface area contributed by atoms with E-state index in [1.807, 2.05) is 30.3 Å². The quantitative estimate of drug-likeness (QED) is 0.0904. The van der Waals surface area contributed by atoms with Gasteiger partial charge in [-0.2, -0.15) is 24.6 Å². The maximum atomic E-state index is 4.49. The predicted molar refractivity (Wildman–Crippen MR) is 210 cm³/mol. The molecule has 0 atom stereocenters. The third-order valence-electron chi connectivity index (χ3n) is 7.22. The van der Waals surface area contributed by atoms with Crippen molar-refractivity contribution in [1.82, 2.24) is 0 Å². The van der Waals surface area contributed by atoms with Gasteiger partial charge in [0.1, 0.15) is 31.8 Å². The summed E-state index contributed by atoms with van der Waals surface area (Å²) >= 11 is 2.22. The first-order valence-corrected chi connectivity index (χ1v) is 20.3. The minimum Gasteiger partial charge on any atom is -0.0620 e. The van der Waals surface area contributed by atoms with Crippen molar-refractivity contribution in [3.8, 4) is 0 Å². The molecule has 7 rings (SSSR count). The van der Waals surface area contributed by atoms with E-state index in [9.17, 15) is 0 Å². The van der Waals surface area contributed by atoms with Crippen LogP contribution in [-0.2, 0) is 18.2 Å². The van der Waals surface area contributed by atoms with E-state index in [4.69, 9.17) is 0 Å². The Bertz CT molecular complexity index is 1470. The first-order chi connectivity index (χ1) is 23.3. The summed E-state index contributed by atoms with van der Waals surface area (Å²) < 4.78 is 0. The fraction of sp³-hybridized carbons (Fsp3) is 0. The van der Waals surface area contributed by atoms with E-state index in [-0.39, 0.29) is 0 Å². The molecule has 0 nitrogen and oxygen atoms in total. The summed E-state index contributed by atoms with van der Waals surface area (Å²) in [6, 6.07) is 74.9. The van der Waals surface area contributed by atoms with Gasteiger partial charge >= 0.3 is 27.7 Å². The van der Waals surface area contributed by atoms with Crippen LogP contribution < -0.4 is 31.8 Å². The molecule has 0 saturated carbocycles. The maximum Gasteiger partial charge on any atom is 0.102 e. The summed E-state index contributed by atoms with van der Waals surface area (Å²) in [7, 11) is 2.73. The van der Waals surface area contributed by atoms with Gasteiger partial charge in [-0.25, -0.2) is 0 Å². The molecule has 0 spiro atoms. The summed E-state index contributed by atoms with van der Waals surface area (Å²) in [6.45, 7) is 3.72. The molecule has 4 heteroatoms. The zero-order valence-corrected chi connectivity index (χ0v) is 30.4. The van der Waals surface area contributed by atoms with Crippen LogP contribution in [0.1, 0.15) is 5.56 Å². The molecule has 0 heterocycles.